The fourth-order valence-electron chi connectivity index (χ4n) is 1.93. The molecule has 4 nitrogen and oxygen atoms in total. The Labute approximate surface area is 115 Å². The van der Waals surface area contributed by atoms with Crippen molar-refractivity contribution in [3.63, 3.8) is 0 Å². The Balaban J connectivity index is 2.45. The van der Waals surface area contributed by atoms with Crippen molar-refractivity contribution < 1.29 is 14.3 Å². The van der Waals surface area contributed by atoms with Gasteiger partial charge in [0.15, 0.2) is 0 Å². The number of hydrogen-bond donors (Lipinski definition) is 1. The molecule has 2 rings (SSSR count). The van der Waals surface area contributed by atoms with E-state index >= 15 is 0 Å². The van der Waals surface area contributed by atoms with Gasteiger partial charge in [-0.3, -0.25) is 4.79 Å². The number of hydrogen-bond acceptors (Lipinski definition) is 4. The van der Waals surface area contributed by atoms with Gasteiger partial charge in [-0.1, -0.05) is 11.6 Å². The first-order valence-corrected chi connectivity index (χ1v) is 6.28. The largest absolute Gasteiger partial charge is 0.465 e. The van der Waals surface area contributed by atoms with Crippen molar-refractivity contribution in [2.45, 2.75) is 11.7 Å². The second-order valence-electron chi connectivity index (χ2n) is 4.02. The highest BCUT2D eigenvalue weighted by molar-refractivity contribution is 7.81. The lowest BCUT2D eigenvalue weighted by Crippen LogP contribution is -2.26. The van der Waals surface area contributed by atoms with Crippen molar-refractivity contribution in [1.29, 1.82) is 0 Å². The molecule has 0 spiro atoms. The topological polar surface area (TPSA) is 46.6 Å². The molecule has 18 heavy (non-hydrogen) atoms. The lowest BCUT2D eigenvalue weighted by molar-refractivity contribution is -0.117. The summed E-state index contributed by atoms with van der Waals surface area (Å²) in [5.41, 5.74) is 0.814. The second kappa shape index (κ2) is 5.20. The van der Waals surface area contributed by atoms with Crippen LogP contribution in [0.15, 0.2) is 18.2 Å². The molecule has 1 heterocycles. The van der Waals surface area contributed by atoms with E-state index in [1.54, 1.807) is 18.2 Å². The van der Waals surface area contributed by atoms with Crippen LogP contribution in [-0.4, -0.2) is 30.8 Å². The summed E-state index contributed by atoms with van der Waals surface area (Å²) in [6.45, 7) is 0.465. The predicted octanol–water partition coefficient (Wildman–Crippen LogP) is 2.16. The van der Waals surface area contributed by atoms with E-state index in [2.05, 4.69) is 12.6 Å². The van der Waals surface area contributed by atoms with Crippen LogP contribution in [0.2, 0.25) is 5.02 Å². The molecule has 96 valence electrons. The Kier molecular flexibility index (Phi) is 3.82. The quantitative estimate of drug-likeness (QED) is 0.669. The van der Waals surface area contributed by atoms with Crippen LogP contribution in [0, 0.1) is 0 Å². The van der Waals surface area contributed by atoms with Crippen molar-refractivity contribution in [3.05, 3.63) is 28.8 Å². The van der Waals surface area contributed by atoms with E-state index in [9.17, 15) is 9.59 Å². The molecule has 1 atom stereocenters. The molecule has 0 N–H and O–H groups in total. The van der Waals surface area contributed by atoms with Crippen LogP contribution < -0.4 is 4.90 Å². The summed E-state index contributed by atoms with van der Waals surface area (Å²) in [5, 5.41) is 0.440. The number of benzene rings is 1. The molecule has 6 heteroatoms. The molecule has 0 aromatic heterocycles. The summed E-state index contributed by atoms with van der Waals surface area (Å²) in [5.74, 6) is -0.556. The van der Waals surface area contributed by atoms with Gasteiger partial charge in [-0.25, -0.2) is 4.79 Å². The van der Waals surface area contributed by atoms with Crippen molar-refractivity contribution in [2.75, 3.05) is 18.6 Å². The highest BCUT2D eigenvalue weighted by atomic mass is 35.5. The van der Waals surface area contributed by atoms with Crippen LogP contribution in [0.5, 0.6) is 0 Å². The van der Waals surface area contributed by atoms with Gasteiger partial charge < -0.3 is 9.64 Å². The number of thiol groups is 1. The zero-order valence-electron chi connectivity index (χ0n) is 9.72. The van der Waals surface area contributed by atoms with Crippen LogP contribution in [0.25, 0.3) is 0 Å². The molecular weight excluding hydrogens is 274 g/mol. The van der Waals surface area contributed by atoms with Gasteiger partial charge in [0, 0.05) is 23.2 Å². The number of rotatable bonds is 2. The molecule has 1 aliphatic rings. The summed E-state index contributed by atoms with van der Waals surface area (Å²) in [6, 6.07) is 4.75. The lowest BCUT2D eigenvalue weighted by atomic mass is 10.1. The minimum atomic E-state index is -0.489. The first-order valence-electron chi connectivity index (χ1n) is 5.39. The summed E-state index contributed by atoms with van der Waals surface area (Å²) in [4.78, 5) is 25.0. The number of anilines is 1. The Bertz CT molecular complexity index is 506. The third kappa shape index (κ3) is 2.47. The fourth-order valence-corrected chi connectivity index (χ4v) is 2.42. The number of ether oxygens (including phenoxy) is 1. The molecule has 1 aromatic carbocycles. The van der Waals surface area contributed by atoms with Gasteiger partial charge in [0.1, 0.15) is 0 Å². The molecule has 1 aromatic rings. The molecule has 0 saturated carbocycles. The van der Waals surface area contributed by atoms with Crippen molar-refractivity contribution in [2.24, 2.45) is 0 Å². The third-order valence-corrected chi connectivity index (χ3v) is 3.34. The number of carbonyl (C=O) groups excluding carboxylic acids is 2. The average molecular weight is 286 g/mol. The monoisotopic (exact) mass is 285 g/mol. The van der Waals surface area contributed by atoms with E-state index < -0.39 is 5.97 Å². The number of halogens is 1. The van der Waals surface area contributed by atoms with Crippen LogP contribution in [-0.2, 0) is 9.53 Å². The van der Waals surface area contributed by atoms with Gasteiger partial charge in [-0.15, -0.1) is 0 Å². The third-order valence-electron chi connectivity index (χ3n) is 2.76. The van der Waals surface area contributed by atoms with E-state index in [0.29, 0.717) is 29.2 Å². The molecule has 1 saturated heterocycles. The summed E-state index contributed by atoms with van der Waals surface area (Å²) in [6.07, 6.45) is 0.357. The van der Waals surface area contributed by atoms with E-state index in [1.807, 2.05) is 0 Å². The molecule has 0 radical (unpaired) electrons. The summed E-state index contributed by atoms with van der Waals surface area (Å²) >= 11 is 10.2. The minimum Gasteiger partial charge on any atom is -0.465 e. The minimum absolute atomic E-state index is 0.0259. The maximum Gasteiger partial charge on any atom is 0.339 e. The summed E-state index contributed by atoms with van der Waals surface area (Å²) in [7, 11) is 1.30. The van der Waals surface area contributed by atoms with Gasteiger partial charge in [0.25, 0.3) is 0 Å². The highest BCUT2D eigenvalue weighted by Crippen LogP contribution is 2.30. The Morgan fingerprint density at radius 2 is 2.28 bits per heavy atom. The Hall–Kier alpha value is -1.20. The average Bonchev–Trinajstić information content (AvgIpc) is 2.67. The van der Waals surface area contributed by atoms with Gasteiger partial charge >= 0.3 is 5.97 Å². The number of carbonyl (C=O) groups is 2. The van der Waals surface area contributed by atoms with E-state index in [0.717, 1.165) is 0 Å². The van der Waals surface area contributed by atoms with Gasteiger partial charge in [0.2, 0.25) is 5.91 Å². The van der Waals surface area contributed by atoms with Crippen molar-refractivity contribution in [1.82, 2.24) is 0 Å². The molecule has 1 aliphatic heterocycles. The highest BCUT2D eigenvalue weighted by Gasteiger charge is 2.31. The smallest absolute Gasteiger partial charge is 0.339 e. The first-order chi connectivity index (χ1) is 8.52. The van der Waals surface area contributed by atoms with E-state index in [1.165, 1.54) is 12.0 Å². The molecular formula is C12H12ClNO3S. The number of methoxy groups -OCH3 is 1. The number of esters is 1. The first kappa shape index (κ1) is 13.2. The molecule has 1 unspecified atom stereocenters. The second-order valence-corrected chi connectivity index (χ2v) is 5.18. The van der Waals surface area contributed by atoms with Crippen LogP contribution in [0.4, 0.5) is 5.69 Å². The molecule has 1 amide bonds. The van der Waals surface area contributed by atoms with Crippen molar-refractivity contribution in [3.8, 4) is 0 Å². The fraction of sp³-hybridized carbons (Fsp3) is 0.333. The SMILES string of the molecule is COC(=O)c1ccc(Cl)cc1N1CC(S)CC1=O. The van der Waals surface area contributed by atoms with Crippen molar-refractivity contribution >= 4 is 41.8 Å². The molecule has 0 aliphatic carbocycles. The maximum atomic E-state index is 11.8. The number of amides is 1. The number of nitrogens with zero attached hydrogens (tertiary/aromatic N) is 1. The van der Waals surface area contributed by atoms with E-state index in [-0.39, 0.29) is 11.2 Å². The van der Waals surface area contributed by atoms with E-state index in [4.69, 9.17) is 16.3 Å². The molecule has 1 fully saturated rings. The maximum absolute atomic E-state index is 11.8. The van der Waals surface area contributed by atoms with Gasteiger partial charge in [-0.2, -0.15) is 12.6 Å². The van der Waals surface area contributed by atoms with Gasteiger partial charge in [0.05, 0.1) is 18.4 Å². The van der Waals surface area contributed by atoms with Crippen LogP contribution >= 0.6 is 24.2 Å². The zero-order valence-corrected chi connectivity index (χ0v) is 11.4. The summed E-state index contributed by atoms with van der Waals surface area (Å²) < 4.78 is 4.70. The normalized spacial score (nSPS) is 19.2. The van der Waals surface area contributed by atoms with Gasteiger partial charge in [-0.05, 0) is 18.2 Å². The van der Waals surface area contributed by atoms with Crippen LogP contribution in [0.3, 0.4) is 0 Å². The Morgan fingerprint density at radius 1 is 1.56 bits per heavy atom. The molecule has 0 bridgehead atoms. The lowest BCUT2D eigenvalue weighted by Gasteiger charge is -2.19. The van der Waals surface area contributed by atoms with Crippen LogP contribution in [0.1, 0.15) is 16.8 Å². The standard InChI is InChI=1S/C12H12ClNO3S/c1-17-12(16)9-3-2-7(13)4-10(9)14-6-8(18)5-11(14)15/h2-4,8,18H,5-6H2,1H3. The predicted molar refractivity (Wildman–Crippen MR) is 72.5 cm³/mol. The zero-order chi connectivity index (χ0) is 13.3. The Morgan fingerprint density at radius 3 is 2.83 bits per heavy atom.